The predicted octanol–water partition coefficient (Wildman–Crippen LogP) is 2.19. The highest BCUT2D eigenvalue weighted by atomic mass is 16.6. The molecule has 0 aliphatic heterocycles. The molecule has 0 fully saturated rings. The molecule has 6 heteroatoms. The summed E-state index contributed by atoms with van der Waals surface area (Å²) < 4.78 is 4.76. The van der Waals surface area contributed by atoms with Crippen molar-refractivity contribution in [3.63, 3.8) is 0 Å². The van der Waals surface area contributed by atoms with Gasteiger partial charge in [0.05, 0.1) is 11.5 Å². The van der Waals surface area contributed by atoms with Crippen molar-refractivity contribution < 1.29 is 14.5 Å². The van der Waals surface area contributed by atoms with Crippen LogP contribution in [-0.2, 0) is 4.74 Å². The predicted molar refractivity (Wildman–Crippen MR) is 58.5 cm³/mol. The van der Waals surface area contributed by atoms with Crippen LogP contribution in [0.1, 0.15) is 6.92 Å². The molecule has 1 rings (SSSR count). The zero-order valence-corrected chi connectivity index (χ0v) is 9.04. The number of nitro benzene ring substituents is 1. The van der Waals surface area contributed by atoms with E-state index in [2.05, 4.69) is 0 Å². The summed E-state index contributed by atoms with van der Waals surface area (Å²) in [5, 5.41) is 10.7. The maximum Gasteiger partial charge on any atom is 0.414 e. The Balaban J connectivity index is 3.03. The van der Waals surface area contributed by atoms with Crippen molar-refractivity contribution in [1.29, 1.82) is 0 Å². The van der Waals surface area contributed by atoms with E-state index in [4.69, 9.17) is 4.74 Å². The summed E-state index contributed by atoms with van der Waals surface area (Å²) in [6.07, 6.45) is -0.614. The number of hydrogen-bond donors (Lipinski definition) is 0. The molecule has 1 aromatic carbocycles. The van der Waals surface area contributed by atoms with E-state index in [-0.39, 0.29) is 18.0 Å². The van der Waals surface area contributed by atoms with Crippen LogP contribution in [0.15, 0.2) is 24.3 Å². The van der Waals surface area contributed by atoms with Gasteiger partial charge in [-0.3, -0.25) is 15.0 Å². The molecule has 1 amide bonds. The van der Waals surface area contributed by atoms with E-state index in [0.717, 1.165) is 4.90 Å². The van der Waals surface area contributed by atoms with Crippen molar-refractivity contribution >= 4 is 17.5 Å². The van der Waals surface area contributed by atoms with Crippen LogP contribution in [0.2, 0.25) is 0 Å². The van der Waals surface area contributed by atoms with E-state index in [1.54, 1.807) is 19.1 Å². The lowest BCUT2D eigenvalue weighted by atomic mass is 10.2. The number of nitro groups is 1. The molecule has 0 atom stereocenters. The third-order valence-electron chi connectivity index (χ3n) is 1.98. The molecule has 0 saturated carbocycles. The van der Waals surface area contributed by atoms with Gasteiger partial charge < -0.3 is 4.74 Å². The van der Waals surface area contributed by atoms with Gasteiger partial charge in [-0.05, 0) is 13.0 Å². The smallest absolute Gasteiger partial charge is 0.414 e. The quantitative estimate of drug-likeness (QED) is 0.582. The number of rotatable bonds is 3. The van der Waals surface area contributed by atoms with Gasteiger partial charge in [-0.25, -0.2) is 4.79 Å². The Bertz CT molecular complexity index is 406. The van der Waals surface area contributed by atoms with Crippen molar-refractivity contribution in [3.8, 4) is 0 Å². The van der Waals surface area contributed by atoms with E-state index < -0.39 is 11.0 Å². The average molecular weight is 224 g/mol. The molecule has 0 bridgehead atoms. The van der Waals surface area contributed by atoms with Crippen molar-refractivity contribution in [3.05, 3.63) is 34.4 Å². The summed E-state index contributed by atoms with van der Waals surface area (Å²) in [6, 6.07) is 6.00. The maximum absolute atomic E-state index is 11.4. The number of anilines is 1. The second-order valence-electron chi connectivity index (χ2n) is 3.00. The minimum absolute atomic E-state index is 0.127. The number of nitrogens with zero attached hydrogens (tertiary/aromatic N) is 2. The summed E-state index contributed by atoms with van der Waals surface area (Å²) >= 11 is 0. The molecular weight excluding hydrogens is 212 g/mol. The van der Waals surface area contributed by atoms with Crippen molar-refractivity contribution in [2.75, 3.05) is 18.6 Å². The number of carbonyl (C=O) groups is 1. The lowest BCUT2D eigenvalue weighted by Crippen LogP contribution is -2.27. The third-order valence-corrected chi connectivity index (χ3v) is 1.98. The van der Waals surface area contributed by atoms with E-state index in [9.17, 15) is 14.9 Å². The molecule has 0 spiro atoms. The van der Waals surface area contributed by atoms with Crippen molar-refractivity contribution in [1.82, 2.24) is 0 Å². The van der Waals surface area contributed by atoms with E-state index in [1.165, 1.54) is 19.2 Å². The molecule has 0 aliphatic rings. The Hall–Kier alpha value is -2.11. The maximum atomic E-state index is 11.4. The largest absolute Gasteiger partial charge is 0.449 e. The van der Waals surface area contributed by atoms with Gasteiger partial charge in [0.25, 0.3) is 5.69 Å². The molecule has 16 heavy (non-hydrogen) atoms. The first kappa shape index (κ1) is 12.0. The fourth-order valence-electron chi connectivity index (χ4n) is 1.22. The van der Waals surface area contributed by atoms with Gasteiger partial charge in [0.2, 0.25) is 0 Å². The molecule has 0 radical (unpaired) electrons. The lowest BCUT2D eigenvalue weighted by Gasteiger charge is -2.16. The number of para-hydroxylation sites is 2. The van der Waals surface area contributed by atoms with E-state index in [0.29, 0.717) is 0 Å². The Morgan fingerprint density at radius 1 is 1.50 bits per heavy atom. The second-order valence-corrected chi connectivity index (χ2v) is 3.00. The Labute approximate surface area is 92.6 Å². The first-order valence-electron chi connectivity index (χ1n) is 4.71. The normalized spacial score (nSPS) is 9.62. The minimum Gasteiger partial charge on any atom is -0.449 e. The monoisotopic (exact) mass is 224 g/mol. The number of hydrogen-bond acceptors (Lipinski definition) is 4. The fraction of sp³-hybridized carbons (Fsp3) is 0.300. The first-order valence-corrected chi connectivity index (χ1v) is 4.71. The summed E-state index contributed by atoms with van der Waals surface area (Å²) in [4.78, 5) is 22.7. The van der Waals surface area contributed by atoms with Crippen LogP contribution >= 0.6 is 0 Å². The minimum atomic E-state index is -0.614. The molecule has 1 aromatic rings. The van der Waals surface area contributed by atoms with Crippen LogP contribution in [0.3, 0.4) is 0 Å². The van der Waals surface area contributed by atoms with E-state index >= 15 is 0 Å². The summed E-state index contributed by atoms with van der Waals surface area (Å²) in [5.41, 5.74) is 0.0870. The highest BCUT2D eigenvalue weighted by Crippen LogP contribution is 2.26. The number of amides is 1. The summed E-state index contributed by atoms with van der Waals surface area (Å²) in [5.74, 6) is 0. The van der Waals surface area contributed by atoms with E-state index in [1.807, 2.05) is 0 Å². The summed E-state index contributed by atoms with van der Waals surface area (Å²) in [7, 11) is 1.43. The molecule has 0 aromatic heterocycles. The lowest BCUT2D eigenvalue weighted by molar-refractivity contribution is -0.384. The Morgan fingerprint density at radius 3 is 2.69 bits per heavy atom. The molecule has 6 nitrogen and oxygen atoms in total. The molecule has 0 N–H and O–H groups in total. The van der Waals surface area contributed by atoms with Crippen molar-refractivity contribution in [2.45, 2.75) is 6.92 Å². The van der Waals surface area contributed by atoms with Gasteiger partial charge >= 0.3 is 6.09 Å². The SMILES string of the molecule is CCOC(=O)N(C)c1ccccc1[N+](=O)[O-]. The topological polar surface area (TPSA) is 72.7 Å². The Morgan fingerprint density at radius 2 is 2.12 bits per heavy atom. The van der Waals surface area contributed by atoms with Crippen LogP contribution in [-0.4, -0.2) is 24.7 Å². The Kier molecular flexibility index (Phi) is 3.82. The molecule has 86 valence electrons. The highest BCUT2D eigenvalue weighted by molar-refractivity contribution is 5.89. The highest BCUT2D eigenvalue weighted by Gasteiger charge is 2.20. The number of carbonyl (C=O) groups excluding carboxylic acids is 1. The van der Waals surface area contributed by atoms with Crippen LogP contribution in [0, 0.1) is 10.1 Å². The second kappa shape index (κ2) is 5.11. The summed E-state index contributed by atoms with van der Waals surface area (Å²) in [6.45, 7) is 1.90. The van der Waals surface area contributed by atoms with Gasteiger partial charge in [0, 0.05) is 13.1 Å². The number of ether oxygens (including phenoxy) is 1. The first-order chi connectivity index (χ1) is 7.57. The molecule has 0 heterocycles. The van der Waals surface area contributed by atoms with Gasteiger partial charge in [-0.2, -0.15) is 0 Å². The zero-order chi connectivity index (χ0) is 12.1. The van der Waals surface area contributed by atoms with Crippen LogP contribution in [0.25, 0.3) is 0 Å². The van der Waals surface area contributed by atoms with Gasteiger partial charge in [-0.15, -0.1) is 0 Å². The standard InChI is InChI=1S/C10H12N2O4/c1-3-16-10(13)11(2)8-6-4-5-7-9(8)12(14)15/h4-7H,3H2,1-2H3. The number of benzene rings is 1. The fourth-order valence-corrected chi connectivity index (χ4v) is 1.22. The third kappa shape index (κ3) is 2.47. The zero-order valence-electron chi connectivity index (χ0n) is 9.04. The molecular formula is C10H12N2O4. The molecule has 0 aliphatic carbocycles. The van der Waals surface area contributed by atoms with Crippen molar-refractivity contribution in [2.24, 2.45) is 0 Å². The van der Waals surface area contributed by atoms with Gasteiger partial charge in [-0.1, -0.05) is 12.1 Å². The van der Waals surface area contributed by atoms with Gasteiger partial charge in [0.15, 0.2) is 0 Å². The van der Waals surface area contributed by atoms with Crippen LogP contribution < -0.4 is 4.90 Å². The van der Waals surface area contributed by atoms with Crippen LogP contribution in [0.5, 0.6) is 0 Å². The molecule has 0 saturated heterocycles. The molecule has 0 unspecified atom stereocenters. The van der Waals surface area contributed by atoms with Gasteiger partial charge in [0.1, 0.15) is 5.69 Å². The average Bonchev–Trinajstić information content (AvgIpc) is 2.28. The van der Waals surface area contributed by atoms with Crippen LogP contribution in [0.4, 0.5) is 16.2 Å².